The maximum atomic E-state index is 13.4. The van der Waals surface area contributed by atoms with Gasteiger partial charge in [0.15, 0.2) is 5.78 Å². The van der Waals surface area contributed by atoms with Crippen LogP contribution in [0.1, 0.15) is 17.5 Å². The summed E-state index contributed by atoms with van der Waals surface area (Å²) in [4.78, 5) is 29.7. The third-order valence-corrected chi connectivity index (χ3v) is 8.59. The number of carbonyl (C=O) groups is 2. The van der Waals surface area contributed by atoms with E-state index < -0.39 is 10.8 Å². The Bertz CT molecular complexity index is 1130. The third kappa shape index (κ3) is 4.43. The lowest BCUT2D eigenvalue weighted by Crippen LogP contribution is -2.57. The highest BCUT2D eigenvalue weighted by Gasteiger charge is 2.47. The Labute approximate surface area is 206 Å². The van der Waals surface area contributed by atoms with Crippen LogP contribution in [0, 0.1) is 0 Å². The van der Waals surface area contributed by atoms with Crippen molar-refractivity contribution in [2.24, 2.45) is 0 Å². The molecule has 8 heteroatoms. The number of thioether (sulfide) groups is 1. The fraction of sp³-hybridized carbons (Fsp3) is 0.280. The van der Waals surface area contributed by atoms with Gasteiger partial charge in [0, 0.05) is 30.1 Å². The zero-order valence-electron chi connectivity index (χ0n) is 17.8. The summed E-state index contributed by atoms with van der Waals surface area (Å²) in [5.74, 6) is -0.397. The quantitative estimate of drug-likeness (QED) is 0.515. The highest BCUT2D eigenvalue weighted by Crippen LogP contribution is 2.41. The second-order valence-corrected chi connectivity index (χ2v) is 10.5. The molecule has 0 bridgehead atoms. The van der Waals surface area contributed by atoms with Gasteiger partial charge in [-0.05, 0) is 52.2 Å². The molecule has 5 rings (SSSR count). The van der Waals surface area contributed by atoms with Gasteiger partial charge in [-0.15, -0.1) is 11.8 Å². The SMILES string of the molecule is O=C1C[C@](c2ccc(N3CCOCC3)cc2)(c2ccsc2)NC(=O)C1Sc1ccccc1Cl. The lowest BCUT2D eigenvalue weighted by molar-refractivity contribution is -0.132. The molecule has 0 saturated carbocycles. The summed E-state index contributed by atoms with van der Waals surface area (Å²) in [7, 11) is 0. The van der Waals surface area contributed by atoms with Crippen LogP contribution in [-0.2, 0) is 19.9 Å². The predicted molar refractivity (Wildman–Crippen MR) is 133 cm³/mol. The average Bonchev–Trinajstić information content (AvgIpc) is 3.39. The monoisotopic (exact) mass is 498 g/mol. The van der Waals surface area contributed by atoms with Gasteiger partial charge in [0.05, 0.1) is 23.8 Å². The van der Waals surface area contributed by atoms with E-state index >= 15 is 0 Å². The maximum Gasteiger partial charge on any atom is 0.242 e. The zero-order valence-corrected chi connectivity index (χ0v) is 20.2. The van der Waals surface area contributed by atoms with Crippen molar-refractivity contribution in [3.8, 4) is 0 Å². The summed E-state index contributed by atoms with van der Waals surface area (Å²) in [5, 5.41) is 6.90. The number of halogens is 1. The van der Waals surface area contributed by atoms with Crippen LogP contribution in [-0.4, -0.2) is 43.2 Å². The van der Waals surface area contributed by atoms with Crippen LogP contribution in [0.4, 0.5) is 5.69 Å². The van der Waals surface area contributed by atoms with E-state index in [9.17, 15) is 9.59 Å². The Morgan fingerprint density at radius 2 is 1.79 bits per heavy atom. The van der Waals surface area contributed by atoms with Crippen LogP contribution in [0.5, 0.6) is 0 Å². The molecule has 2 saturated heterocycles. The fourth-order valence-electron chi connectivity index (χ4n) is 4.41. The van der Waals surface area contributed by atoms with E-state index in [-0.39, 0.29) is 18.1 Å². The number of thiophene rings is 1. The molecule has 1 aromatic heterocycles. The minimum Gasteiger partial charge on any atom is -0.378 e. The Morgan fingerprint density at radius 1 is 1.03 bits per heavy atom. The Hall–Kier alpha value is -2.32. The summed E-state index contributed by atoms with van der Waals surface area (Å²) < 4.78 is 5.45. The van der Waals surface area contributed by atoms with Gasteiger partial charge in [-0.25, -0.2) is 0 Å². The van der Waals surface area contributed by atoms with Gasteiger partial charge in [0.25, 0.3) is 0 Å². The molecule has 170 valence electrons. The molecule has 3 aromatic rings. The van der Waals surface area contributed by atoms with Crippen molar-refractivity contribution in [3.63, 3.8) is 0 Å². The van der Waals surface area contributed by atoms with Crippen LogP contribution in [0.15, 0.2) is 70.3 Å². The van der Waals surface area contributed by atoms with Crippen molar-refractivity contribution >= 4 is 52.1 Å². The summed E-state index contributed by atoms with van der Waals surface area (Å²) in [6.07, 6.45) is 0.189. The largest absolute Gasteiger partial charge is 0.378 e. The number of piperidine rings is 1. The van der Waals surface area contributed by atoms with E-state index in [1.807, 2.05) is 47.2 Å². The van der Waals surface area contributed by atoms with E-state index in [0.717, 1.165) is 48.0 Å². The number of carbonyl (C=O) groups excluding carboxylic acids is 2. The molecule has 2 aliphatic heterocycles. The van der Waals surface area contributed by atoms with E-state index in [0.29, 0.717) is 5.02 Å². The molecule has 5 nitrogen and oxygen atoms in total. The number of hydrogen-bond acceptors (Lipinski definition) is 6. The van der Waals surface area contributed by atoms with Crippen LogP contribution < -0.4 is 10.2 Å². The molecule has 2 aromatic carbocycles. The second kappa shape index (κ2) is 9.50. The minimum atomic E-state index is -0.880. The van der Waals surface area contributed by atoms with Gasteiger partial charge in [0.2, 0.25) is 5.91 Å². The summed E-state index contributed by atoms with van der Waals surface area (Å²) in [6, 6.07) is 17.4. The van der Waals surface area contributed by atoms with Crippen molar-refractivity contribution in [1.29, 1.82) is 0 Å². The summed E-state index contributed by atoms with van der Waals surface area (Å²) in [5.41, 5.74) is 2.06. The average molecular weight is 499 g/mol. The number of rotatable bonds is 5. The van der Waals surface area contributed by atoms with E-state index in [2.05, 4.69) is 22.3 Å². The van der Waals surface area contributed by atoms with Crippen molar-refractivity contribution in [2.75, 3.05) is 31.2 Å². The Kier molecular flexibility index (Phi) is 6.47. The molecular formula is C25H23ClN2O3S2. The van der Waals surface area contributed by atoms with Crippen molar-refractivity contribution in [1.82, 2.24) is 5.32 Å². The van der Waals surface area contributed by atoms with Crippen molar-refractivity contribution in [2.45, 2.75) is 22.1 Å². The summed E-state index contributed by atoms with van der Waals surface area (Å²) >= 11 is 9.04. The first-order valence-corrected chi connectivity index (χ1v) is 13.0. The van der Waals surface area contributed by atoms with Gasteiger partial charge in [-0.1, -0.05) is 35.9 Å². The first-order chi connectivity index (χ1) is 16.1. The number of benzene rings is 2. The topological polar surface area (TPSA) is 58.6 Å². The van der Waals surface area contributed by atoms with E-state index in [1.54, 1.807) is 17.4 Å². The minimum absolute atomic E-state index is 0.105. The van der Waals surface area contributed by atoms with Crippen LogP contribution in [0.25, 0.3) is 0 Å². The Balaban J connectivity index is 1.45. The predicted octanol–water partition coefficient (Wildman–Crippen LogP) is 4.73. The molecule has 2 aliphatic rings. The number of Topliss-reactive ketones (excluding diaryl/α,β-unsaturated/α-hetero) is 1. The third-order valence-electron chi connectivity index (χ3n) is 6.14. The standard InChI is InChI=1S/C25H23ClN2O3S2/c26-20-3-1-2-4-22(20)33-23-21(29)15-25(27-24(23)30,18-9-14-32-16-18)17-5-7-19(8-6-17)28-10-12-31-13-11-28/h1-9,14,16,23H,10-13,15H2,(H,27,30)/t23?,25-/m0/s1. The smallest absolute Gasteiger partial charge is 0.242 e. The lowest BCUT2D eigenvalue weighted by Gasteiger charge is -2.40. The van der Waals surface area contributed by atoms with Crippen LogP contribution in [0.2, 0.25) is 5.02 Å². The number of ketones is 1. The molecular weight excluding hydrogens is 476 g/mol. The number of amides is 1. The lowest BCUT2D eigenvalue weighted by atomic mass is 9.77. The van der Waals surface area contributed by atoms with E-state index in [1.165, 1.54) is 11.8 Å². The molecule has 1 unspecified atom stereocenters. The first-order valence-electron chi connectivity index (χ1n) is 10.8. The highest BCUT2D eigenvalue weighted by atomic mass is 35.5. The number of hydrogen-bond donors (Lipinski definition) is 1. The van der Waals surface area contributed by atoms with E-state index in [4.69, 9.17) is 16.3 Å². The van der Waals surface area contributed by atoms with Gasteiger partial charge in [-0.2, -0.15) is 11.3 Å². The van der Waals surface area contributed by atoms with Crippen LogP contribution >= 0.6 is 34.7 Å². The number of ether oxygens (including phenoxy) is 1. The maximum absolute atomic E-state index is 13.4. The molecule has 1 N–H and O–H groups in total. The zero-order chi connectivity index (χ0) is 22.8. The molecule has 0 spiro atoms. The molecule has 0 aliphatic carbocycles. The summed E-state index contributed by atoms with van der Waals surface area (Å²) in [6.45, 7) is 3.14. The van der Waals surface area contributed by atoms with Crippen molar-refractivity contribution in [3.05, 3.63) is 81.5 Å². The molecule has 0 radical (unpaired) electrons. The van der Waals surface area contributed by atoms with Gasteiger partial charge < -0.3 is 15.0 Å². The second-order valence-electron chi connectivity index (χ2n) is 8.12. The van der Waals surface area contributed by atoms with Gasteiger partial charge >= 0.3 is 0 Å². The van der Waals surface area contributed by atoms with Crippen LogP contribution in [0.3, 0.4) is 0 Å². The van der Waals surface area contributed by atoms with Gasteiger partial charge in [0.1, 0.15) is 5.25 Å². The number of anilines is 1. The molecule has 3 heterocycles. The molecule has 2 atom stereocenters. The molecule has 2 fully saturated rings. The highest BCUT2D eigenvalue weighted by molar-refractivity contribution is 8.01. The fourth-order valence-corrected chi connectivity index (χ4v) is 6.38. The number of nitrogens with one attached hydrogen (secondary N) is 1. The number of nitrogens with zero attached hydrogens (tertiary/aromatic N) is 1. The normalized spacial score (nSPS) is 23.4. The Morgan fingerprint density at radius 3 is 2.45 bits per heavy atom. The molecule has 1 amide bonds. The van der Waals surface area contributed by atoms with Crippen molar-refractivity contribution < 1.29 is 14.3 Å². The first kappa shape index (κ1) is 22.5. The molecule has 33 heavy (non-hydrogen) atoms. The van der Waals surface area contributed by atoms with Gasteiger partial charge in [-0.3, -0.25) is 9.59 Å². The number of morpholine rings is 1.